The Balaban J connectivity index is 1.96. The van der Waals surface area contributed by atoms with Crippen molar-refractivity contribution in [2.24, 2.45) is 7.05 Å². The van der Waals surface area contributed by atoms with E-state index in [9.17, 15) is 14.4 Å². The summed E-state index contributed by atoms with van der Waals surface area (Å²) in [6.07, 6.45) is 1.35. The molecule has 2 aromatic rings. The summed E-state index contributed by atoms with van der Waals surface area (Å²) in [5.74, 6) is -0.233. The highest BCUT2D eigenvalue weighted by Gasteiger charge is 2.36. The minimum absolute atomic E-state index is 0.0766. The first-order valence-corrected chi connectivity index (χ1v) is 9.32. The molecular formula is C20H26N4O4. The summed E-state index contributed by atoms with van der Waals surface area (Å²) < 4.78 is 6.95. The number of benzene rings is 1. The molecule has 1 aliphatic rings. The van der Waals surface area contributed by atoms with Crippen LogP contribution in [-0.2, 0) is 18.3 Å². The van der Waals surface area contributed by atoms with Crippen molar-refractivity contribution in [1.82, 2.24) is 19.8 Å². The van der Waals surface area contributed by atoms with Gasteiger partial charge in [0.05, 0.1) is 17.6 Å². The van der Waals surface area contributed by atoms with Gasteiger partial charge in [-0.3, -0.25) is 14.5 Å². The third-order valence-corrected chi connectivity index (χ3v) is 4.57. The molecule has 150 valence electrons. The fraction of sp³-hybridized carbons (Fsp3) is 0.500. The summed E-state index contributed by atoms with van der Waals surface area (Å²) in [5.41, 5.74) is 0.973. The summed E-state index contributed by atoms with van der Waals surface area (Å²) in [4.78, 5) is 43.3. The third kappa shape index (κ3) is 4.16. The molecule has 28 heavy (non-hydrogen) atoms. The van der Waals surface area contributed by atoms with Crippen LogP contribution in [0.1, 0.15) is 49.7 Å². The van der Waals surface area contributed by atoms with Crippen molar-refractivity contribution in [2.45, 2.75) is 51.8 Å². The van der Waals surface area contributed by atoms with Gasteiger partial charge in [-0.2, -0.15) is 0 Å². The first-order valence-electron chi connectivity index (χ1n) is 9.32. The maximum absolute atomic E-state index is 12.8. The number of rotatable bonds is 4. The van der Waals surface area contributed by atoms with Gasteiger partial charge in [-0.15, -0.1) is 0 Å². The smallest absolute Gasteiger partial charge is 0.410 e. The first-order chi connectivity index (χ1) is 13.1. The van der Waals surface area contributed by atoms with Crippen molar-refractivity contribution in [3.8, 4) is 0 Å². The molecule has 1 aromatic carbocycles. The zero-order valence-electron chi connectivity index (χ0n) is 16.9. The number of carbonyl (C=O) groups excluding carboxylic acids is 2. The van der Waals surface area contributed by atoms with Crippen LogP contribution in [0.5, 0.6) is 0 Å². The molecule has 1 aliphatic carbocycles. The summed E-state index contributed by atoms with van der Waals surface area (Å²) in [7, 11) is 3.19. The van der Waals surface area contributed by atoms with E-state index in [1.54, 1.807) is 37.2 Å². The van der Waals surface area contributed by atoms with Gasteiger partial charge in [0, 0.05) is 25.7 Å². The van der Waals surface area contributed by atoms with Crippen LogP contribution in [0.4, 0.5) is 4.79 Å². The van der Waals surface area contributed by atoms with E-state index in [4.69, 9.17) is 4.74 Å². The lowest BCUT2D eigenvalue weighted by Gasteiger charge is -2.27. The SMILES string of the molecule is CNC(=O)c1ccc2nc(CN(C(=O)OC(C)(C)C)C3CC3)c(=O)n(C)c2c1. The quantitative estimate of drug-likeness (QED) is 0.869. The van der Waals surface area contributed by atoms with Crippen molar-refractivity contribution in [2.75, 3.05) is 7.05 Å². The standard InChI is InChI=1S/C20H26N4O4/c1-20(2,3)28-19(27)24(13-7-8-13)11-15-18(26)23(5)16-10-12(17(25)21-4)6-9-14(16)22-15/h6,9-10,13H,7-8,11H2,1-5H3,(H,21,25). The van der Waals surface area contributed by atoms with Crippen molar-refractivity contribution in [3.63, 3.8) is 0 Å². The predicted molar refractivity (Wildman–Crippen MR) is 105 cm³/mol. The van der Waals surface area contributed by atoms with E-state index in [-0.39, 0.29) is 29.7 Å². The largest absolute Gasteiger partial charge is 0.444 e. The number of hydrogen-bond acceptors (Lipinski definition) is 5. The molecule has 1 aromatic heterocycles. The molecule has 0 bridgehead atoms. The molecule has 0 spiro atoms. The van der Waals surface area contributed by atoms with Gasteiger partial charge in [0.25, 0.3) is 11.5 Å². The second-order valence-corrected chi connectivity index (χ2v) is 8.04. The highest BCUT2D eigenvalue weighted by atomic mass is 16.6. The Labute approximate surface area is 163 Å². The van der Waals surface area contributed by atoms with Crippen molar-refractivity contribution < 1.29 is 14.3 Å². The minimum atomic E-state index is -0.609. The molecule has 0 unspecified atom stereocenters. The first kappa shape index (κ1) is 19.9. The Morgan fingerprint density at radius 3 is 2.57 bits per heavy atom. The second kappa shape index (κ2) is 7.26. The monoisotopic (exact) mass is 386 g/mol. The van der Waals surface area contributed by atoms with Crippen LogP contribution in [-0.4, -0.2) is 45.1 Å². The number of nitrogens with one attached hydrogen (secondary N) is 1. The van der Waals surface area contributed by atoms with Gasteiger partial charge in [-0.05, 0) is 51.8 Å². The molecule has 2 amide bonds. The van der Waals surface area contributed by atoms with E-state index in [0.717, 1.165) is 12.8 Å². The molecule has 0 saturated heterocycles. The van der Waals surface area contributed by atoms with Gasteiger partial charge in [0.2, 0.25) is 0 Å². The molecule has 8 nitrogen and oxygen atoms in total. The number of aromatic nitrogens is 2. The molecule has 1 fully saturated rings. The highest BCUT2D eigenvalue weighted by molar-refractivity contribution is 5.97. The van der Waals surface area contributed by atoms with Crippen LogP contribution in [0.2, 0.25) is 0 Å². The average molecular weight is 386 g/mol. The Bertz CT molecular complexity index is 986. The highest BCUT2D eigenvalue weighted by Crippen LogP contribution is 2.29. The van der Waals surface area contributed by atoms with Crippen LogP contribution in [0.15, 0.2) is 23.0 Å². The van der Waals surface area contributed by atoms with Crippen LogP contribution < -0.4 is 10.9 Å². The fourth-order valence-electron chi connectivity index (χ4n) is 2.98. The Hall–Kier alpha value is -2.90. The molecule has 8 heteroatoms. The van der Waals surface area contributed by atoms with Gasteiger partial charge in [0.15, 0.2) is 0 Å². The van der Waals surface area contributed by atoms with E-state index in [2.05, 4.69) is 10.3 Å². The van der Waals surface area contributed by atoms with Gasteiger partial charge in [0.1, 0.15) is 11.3 Å². The molecule has 1 heterocycles. The van der Waals surface area contributed by atoms with Crippen LogP contribution in [0.3, 0.4) is 0 Å². The lowest BCUT2D eigenvalue weighted by atomic mass is 10.1. The topological polar surface area (TPSA) is 93.5 Å². The number of aryl methyl sites for hydroxylation is 1. The number of nitrogens with zero attached hydrogens (tertiary/aromatic N) is 3. The molecule has 0 radical (unpaired) electrons. The molecule has 0 aliphatic heterocycles. The van der Waals surface area contributed by atoms with Gasteiger partial charge in [-0.1, -0.05) is 0 Å². The minimum Gasteiger partial charge on any atom is -0.444 e. The van der Waals surface area contributed by atoms with Crippen LogP contribution >= 0.6 is 0 Å². The van der Waals surface area contributed by atoms with E-state index in [0.29, 0.717) is 16.6 Å². The summed E-state index contributed by atoms with van der Waals surface area (Å²) in [5, 5.41) is 2.56. The number of ether oxygens (including phenoxy) is 1. The zero-order chi connectivity index (χ0) is 20.6. The fourth-order valence-corrected chi connectivity index (χ4v) is 2.98. The van der Waals surface area contributed by atoms with Crippen molar-refractivity contribution >= 4 is 23.0 Å². The van der Waals surface area contributed by atoms with E-state index in [1.165, 1.54) is 4.57 Å². The molecule has 0 atom stereocenters. The van der Waals surface area contributed by atoms with E-state index < -0.39 is 11.7 Å². The Morgan fingerprint density at radius 1 is 1.32 bits per heavy atom. The Kier molecular flexibility index (Phi) is 5.14. The maximum Gasteiger partial charge on any atom is 0.410 e. The van der Waals surface area contributed by atoms with Crippen molar-refractivity contribution in [1.29, 1.82) is 0 Å². The summed E-state index contributed by atoms with van der Waals surface area (Å²) >= 11 is 0. The van der Waals surface area contributed by atoms with E-state index in [1.807, 2.05) is 20.8 Å². The molecular weight excluding hydrogens is 360 g/mol. The summed E-state index contributed by atoms with van der Waals surface area (Å²) in [6, 6.07) is 5.08. The Morgan fingerprint density at radius 2 is 2.00 bits per heavy atom. The van der Waals surface area contributed by atoms with Gasteiger partial charge >= 0.3 is 6.09 Å². The van der Waals surface area contributed by atoms with Crippen LogP contribution in [0.25, 0.3) is 11.0 Å². The van der Waals surface area contributed by atoms with Crippen molar-refractivity contribution in [3.05, 3.63) is 39.8 Å². The maximum atomic E-state index is 12.8. The number of hydrogen-bond donors (Lipinski definition) is 1. The van der Waals surface area contributed by atoms with Gasteiger partial charge in [-0.25, -0.2) is 9.78 Å². The normalized spacial score (nSPS) is 14.0. The molecule has 1 saturated carbocycles. The third-order valence-electron chi connectivity index (χ3n) is 4.57. The average Bonchev–Trinajstić information content (AvgIpc) is 3.45. The lowest BCUT2D eigenvalue weighted by Crippen LogP contribution is -2.40. The second-order valence-electron chi connectivity index (χ2n) is 8.04. The molecule has 1 N–H and O–H groups in total. The van der Waals surface area contributed by atoms with E-state index >= 15 is 0 Å². The van der Waals surface area contributed by atoms with Gasteiger partial charge < -0.3 is 14.6 Å². The summed E-state index contributed by atoms with van der Waals surface area (Å²) in [6.45, 7) is 5.54. The lowest BCUT2D eigenvalue weighted by molar-refractivity contribution is 0.0213. The molecule has 3 rings (SSSR count). The number of carbonyl (C=O) groups is 2. The number of amides is 2. The zero-order valence-corrected chi connectivity index (χ0v) is 16.9. The predicted octanol–water partition coefficient (Wildman–Crippen LogP) is 2.19. The van der Waals surface area contributed by atoms with Crippen LogP contribution in [0, 0.1) is 0 Å². The number of fused-ring (bicyclic) bond motifs is 1.